The molecule has 0 saturated carbocycles. The first-order valence-electron chi connectivity index (χ1n) is 9.52. The summed E-state index contributed by atoms with van der Waals surface area (Å²) in [6, 6.07) is 12.7. The smallest absolute Gasteiger partial charge is 0.343 e. The van der Waals surface area contributed by atoms with Crippen molar-refractivity contribution < 1.29 is 28.9 Å². The molecule has 6 nitrogen and oxygen atoms in total. The fourth-order valence-corrected chi connectivity index (χ4v) is 2.40. The average Bonchev–Trinajstić information content (AvgIpc) is 2.71. The van der Waals surface area contributed by atoms with Crippen LogP contribution in [0.1, 0.15) is 43.0 Å². The molecule has 0 amide bonds. The van der Waals surface area contributed by atoms with Gasteiger partial charge in [0, 0.05) is 5.57 Å². The molecule has 2 aromatic carbocycles. The van der Waals surface area contributed by atoms with Crippen LogP contribution in [-0.2, 0) is 9.53 Å². The summed E-state index contributed by atoms with van der Waals surface area (Å²) in [4.78, 5) is 23.3. The van der Waals surface area contributed by atoms with Crippen molar-refractivity contribution in [2.24, 2.45) is 0 Å². The second-order valence-corrected chi connectivity index (χ2v) is 6.59. The van der Waals surface area contributed by atoms with E-state index >= 15 is 0 Å². The number of carbonyl (C=O) groups excluding carboxylic acids is 2. The van der Waals surface area contributed by atoms with Crippen LogP contribution in [-0.4, -0.2) is 30.3 Å². The summed E-state index contributed by atoms with van der Waals surface area (Å²) in [6.45, 7) is 6.15. The van der Waals surface area contributed by atoms with Crippen LogP contribution in [0.25, 0.3) is 0 Å². The van der Waals surface area contributed by atoms with Crippen molar-refractivity contribution >= 4 is 11.9 Å². The van der Waals surface area contributed by atoms with E-state index in [9.17, 15) is 14.7 Å². The van der Waals surface area contributed by atoms with Gasteiger partial charge < -0.3 is 19.3 Å². The Bertz CT molecular complexity index is 808. The van der Waals surface area contributed by atoms with Crippen molar-refractivity contribution in [3.63, 3.8) is 0 Å². The molecular weight excluding hydrogens is 372 g/mol. The van der Waals surface area contributed by atoms with Crippen LogP contribution in [0.15, 0.2) is 60.7 Å². The van der Waals surface area contributed by atoms with Gasteiger partial charge in [-0.1, -0.05) is 6.58 Å². The van der Waals surface area contributed by atoms with E-state index in [0.717, 1.165) is 25.7 Å². The van der Waals surface area contributed by atoms with E-state index in [2.05, 4.69) is 6.58 Å². The second kappa shape index (κ2) is 11.5. The molecule has 1 N–H and O–H groups in total. The molecule has 0 saturated heterocycles. The highest BCUT2D eigenvalue weighted by Crippen LogP contribution is 2.19. The lowest BCUT2D eigenvalue weighted by molar-refractivity contribution is -0.139. The zero-order valence-electron chi connectivity index (χ0n) is 16.6. The molecule has 0 aliphatic rings. The maximum absolute atomic E-state index is 12.1. The number of hydrogen-bond acceptors (Lipinski definition) is 6. The first-order valence-corrected chi connectivity index (χ1v) is 9.52. The van der Waals surface area contributed by atoms with Gasteiger partial charge in [0.05, 0.1) is 18.8 Å². The lowest BCUT2D eigenvalue weighted by Gasteiger charge is -2.08. The first-order chi connectivity index (χ1) is 14.0. The largest absolute Gasteiger partial charge is 0.508 e. The number of benzene rings is 2. The van der Waals surface area contributed by atoms with Crippen molar-refractivity contribution in [2.45, 2.75) is 32.6 Å². The minimum absolute atomic E-state index is 0.109. The van der Waals surface area contributed by atoms with Crippen LogP contribution < -0.4 is 9.47 Å². The molecule has 0 fully saturated rings. The van der Waals surface area contributed by atoms with Gasteiger partial charge in [0.15, 0.2) is 0 Å². The summed E-state index contributed by atoms with van der Waals surface area (Å²) in [5.41, 5.74) is 0.827. The predicted molar refractivity (Wildman–Crippen MR) is 109 cm³/mol. The van der Waals surface area contributed by atoms with Crippen LogP contribution in [0, 0.1) is 0 Å². The summed E-state index contributed by atoms with van der Waals surface area (Å²) in [6.07, 6.45) is 3.63. The monoisotopic (exact) mass is 398 g/mol. The van der Waals surface area contributed by atoms with Crippen molar-refractivity contribution in [1.82, 2.24) is 0 Å². The van der Waals surface area contributed by atoms with Gasteiger partial charge >= 0.3 is 11.9 Å². The van der Waals surface area contributed by atoms with Crippen molar-refractivity contribution in [2.75, 3.05) is 13.2 Å². The molecule has 29 heavy (non-hydrogen) atoms. The summed E-state index contributed by atoms with van der Waals surface area (Å²) in [5.74, 6) is 0.333. The topological polar surface area (TPSA) is 82.1 Å². The van der Waals surface area contributed by atoms with E-state index < -0.39 is 5.97 Å². The van der Waals surface area contributed by atoms with Gasteiger partial charge in [-0.3, -0.25) is 0 Å². The van der Waals surface area contributed by atoms with E-state index in [1.807, 2.05) is 0 Å². The Morgan fingerprint density at radius 1 is 0.862 bits per heavy atom. The third kappa shape index (κ3) is 8.09. The SMILES string of the molecule is C=C(C)C(=O)OCCCCCCOc1ccc(C(=O)Oc2ccc(O)cc2)cc1. The first kappa shape index (κ1) is 22.0. The van der Waals surface area contributed by atoms with Crippen LogP contribution >= 0.6 is 0 Å². The fourth-order valence-electron chi connectivity index (χ4n) is 2.40. The minimum atomic E-state index is -0.477. The Hall–Kier alpha value is -3.28. The Kier molecular flexibility index (Phi) is 8.76. The zero-order chi connectivity index (χ0) is 21.1. The number of hydrogen-bond donors (Lipinski definition) is 1. The molecule has 0 spiro atoms. The number of unbranched alkanes of at least 4 members (excludes halogenated alkanes) is 3. The lowest BCUT2D eigenvalue weighted by Crippen LogP contribution is -2.08. The Balaban J connectivity index is 1.62. The molecule has 0 bridgehead atoms. The Labute approximate surface area is 170 Å². The number of phenols is 1. The van der Waals surface area contributed by atoms with E-state index in [1.165, 1.54) is 24.3 Å². The van der Waals surface area contributed by atoms with E-state index in [1.54, 1.807) is 31.2 Å². The summed E-state index contributed by atoms with van der Waals surface area (Å²) >= 11 is 0. The number of ether oxygens (including phenoxy) is 3. The van der Waals surface area contributed by atoms with Gasteiger partial charge in [0.1, 0.15) is 17.2 Å². The molecule has 154 valence electrons. The predicted octanol–water partition coefficient (Wildman–Crippen LogP) is 4.67. The lowest BCUT2D eigenvalue weighted by atomic mass is 10.2. The van der Waals surface area contributed by atoms with Crippen LogP contribution in [0.5, 0.6) is 17.2 Å². The van der Waals surface area contributed by atoms with Crippen LogP contribution in [0.3, 0.4) is 0 Å². The Morgan fingerprint density at radius 3 is 2.07 bits per heavy atom. The molecular formula is C23H26O6. The molecule has 2 aromatic rings. The van der Waals surface area contributed by atoms with Crippen LogP contribution in [0.4, 0.5) is 0 Å². The van der Waals surface area contributed by atoms with Crippen molar-refractivity contribution in [1.29, 1.82) is 0 Å². The third-order valence-corrected chi connectivity index (χ3v) is 4.03. The van der Waals surface area contributed by atoms with Gasteiger partial charge in [0.25, 0.3) is 0 Å². The number of rotatable bonds is 11. The normalized spacial score (nSPS) is 10.2. The fraction of sp³-hybridized carbons (Fsp3) is 0.304. The van der Waals surface area contributed by atoms with Gasteiger partial charge in [-0.15, -0.1) is 0 Å². The Morgan fingerprint density at radius 2 is 1.45 bits per heavy atom. The number of phenolic OH excluding ortho intramolecular Hbond substituents is 1. The number of esters is 2. The molecule has 0 aliphatic heterocycles. The zero-order valence-corrected chi connectivity index (χ0v) is 16.6. The molecule has 0 heterocycles. The third-order valence-electron chi connectivity index (χ3n) is 4.03. The van der Waals surface area contributed by atoms with Gasteiger partial charge in [-0.25, -0.2) is 9.59 Å². The molecule has 0 atom stereocenters. The summed E-state index contributed by atoms with van der Waals surface area (Å²) < 4.78 is 15.9. The number of aromatic hydroxyl groups is 1. The molecule has 0 radical (unpaired) electrons. The van der Waals surface area contributed by atoms with Gasteiger partial charge in [-0.05, 0) is 81.1 Å². The van der Waals surface area contributed by atoms with Gasteiger partial charge in [0.2, 0.25) is 0 Å². The molecule has 0 aliphatic carbocycles. The van der Waals surface area contributed by atoms with E-state index in [-0.39, 0.29) is 11.7 Å². The summed E-state index contributed by atoms with van der Waals surface area (Å²) in [5, 5.41) is 9.24. The number of carbonyl (C=O) groups is 2. The molecule has 6 heteroatoms. The van der Waals surface area contributed by atoms with Crippen molar-refractivity contribution in [3.05, 3.63) is 66.2 Å². The second-order valence-electron chi connectivity index (χ2n) is 6.59. The van der Waals surface area contributed by atoms with E-state index in [0.29, 0.717) is 35.8 Å². The standard InChI is InChI=1S/C23H26O6/c1-17(2)22(25)28-16-6-4-3-5-15-27-20-11-7-18(8-12-20)23(26)29-21-13-9-19(24)10-14-21/h7-14,24H,1,3-6,15-16H2,2H3. The molecule has 0 aromatic heterocycles. The maximum Gasteiger partial charge on any atom is 0.343 e. The highest BCUT2D eigenvalue weighted by Gasteiger charge is 2.09. The van der Waals surface area contributed by atoms with E-state index in [4.69, 9.17) is 14.2 Å². The molecule has 2 rings (SSSR count). The highest BCUT2D eigenvalue weighted by molar-refractivity contribution is 5.91. The van der Waals surface area contributed by atoms with Crippen molar-refractivity contribution in [3.8, 4) is 17.2 Å². The molecule has 0 unspecified atom stereocenters. The van der Waals surface area contributed by atoms with Crippen LogP contribution in [0.2, 0.25) is 0 Å². The van der Waals surface area contributed by atoms with Gasteiger partial charge in [-0.2, -0.15) is 0 Å². The maximum atomic E-state index is 12.1. The quantitative estimate of drug-likeness (QED) is 0.256. The average molecular weight is 398 g/mol. The summed E-state index contributed by atoms with van der Waals surface area (Å²) in [7, 11) is 0. The minimum Gasteiger partial charge on any atom is -0.508 e. The highest BCUT2D eigenvalue weighted by atomic mass is 16.5.